The summed E-state index contributed by atoms with van der Waals surface area (Å²) in [5.41, 5.74) is 5.84. The Hall–Kier alpha value is -0.160. The molecule has 0 radical (unpaired) electrons. The molecule has 0 spiro atoms. The van der Waals surface area contributed by atoms with Crippen LogP contribution in [0.2, 0.25) is 0 Å². The van der Waals surface area contributed by atoms with Gasteiger partial charge in [0.25, 0.3) is 0 Å². The van der Waals surface area contributed by atoms with Crippen molar-refractivity contribution in [3.05, 3.63) is 0 Å². The third-order valence-corrected chi connectivity index (χ3v) is 3.83. The molecule has 2 fully saturated rings. The van der Waals surface area contributed by atoms with Gasteiger partial charge in [-0.2, -0.15) is 0 Å². The first kappa shape index (κ1) is 12.3. The Balaban J connectivity index is 1.77. The van der Waals surface area contributed by atoms with E-state index in [0.29, 0.717) is 18.5 Å². The van der Waals surface area contributed by atoms with Gasteiger partial charge in [-0.25, -0.2) is 0 Å². The summed E-state index contributed by atoms with van der Waals surface area (Å²) in [5.74, 6) is 0.579. The van der Waals surface area contributed by atoms with Crippen LogP contribution in [0.25, 0.3) is 0 Å². The van der Waals surface area contributed by atoms with Crippen molar-refractivity contribution >= 4 is 0 Å². The number of ether oxygens (including phenoxy) is 2. The van der Waals surface area contributed by atoms with Gasteiger partial charge in [0.1, 0.15) is 0 Å². The lowest BCUT2D eigenvalue weighted by molar-refractivity contribution is 0.0172. The molecule has 0 aromatic heterocycles. The topological polar surface area (TPSA) is 56.5 Å². The molecule has 94 valence electrons. The van der Waals surface area contributed by atoms with Crippen LogP contribution in [0, 0.1) is 5.92 Å². The van der Waals surface area contributed by atoms with E-state index in [0.717, 1.165) is 39.2 Å². The van der Waals surface area contributed by atoms with E-state index in [9.17, 15) is 0 Å². The summed E-state index contributed by atoms with van der Waals surface area (Å²) in [4.78, 5) is 0. The van der Waals surface area contributed by atoms with Crippen LogP contribution in [0.15, 0.2) is 0 Å². The van der Waals surface area contributed by atoms with Crippen LogP contribution in [0.5, 0.6) is 0 Å². The molecule has 0 saturated carbocycles. The van der Waals surface area contributed by atoms with E-state index in [2.05, 4.69) is 12.2 Å². The van der Waals surface area contributed by atoms with Gasteiger partial charge in [-0.15, -0.1) is 0 Å². The fourth-order valence-electron chi connectivity index (χ4n) is 2.64. The third kappa shape index (κ3) is 2.94. The van der Waals surface area contributed by atoms with Crippen LogP contribution in [0.3, 0.4) is 0 Å². The first-order valence-corrected chi connectivity index (χ1v) is 6.39. The summed E-state index contributed by atoms with van der Waals surface area (Å²) in [6.45, 7) is 6.42. The van der Waals surface area contributed by atoms with Crippen molar-refractivity contribution in [3.8, 4) is 0 Å². The van der Waals surface area contributed by atoms with Gasteiger partial charge in [-0.05, 0) is 26.2 Å². The molecule has 0 bridgehead atoms. The molecule has 4 heteroatoms. The molecule has 4 nitrogen and oxygen atoms in total. The van der Waals surface area contributed by atoms with Crippen molar-refractivity contribution in [3.63, 3.8) is 0 Å². The third-order valence-electron chi connectivity index (χ3n) is 3.83. The van der Waals surface area contributed by atoms with Gasteiger partial charge in [0.05, 0.1) is 12.2 Å². The number of hydrogen-bond donors (Lipinski definition) is 2. The maximum Gasteiger partial charge on any atom is 0.0779 e. The SMILES string of the molecule is CC1(CNC(CN)C2CCOC2)CCCO1. The van der Waals surface area contributed by atoms with Crippen LogP contribution in [-0.2, 0) is 9.47 Å². The van der Waals surface area contributed by atoms with Crippen LogP contribution in [0.1, 0.15) is 26.2 Å². The lowest BCUT2D eigenvalue weighted by atomic mass is 9.97. The summed E-state index contributed by atoms with van der Waals surface area (Å²) in [6.07, 6.45) is 3.46. The molecule has 0 amide bonds. The zero-order chi connectivity index (χ0) is 11.4. The Morgan fingerprint density at radius 3 is 2.94 bits per heavy atom. The summed E-state index contributed by atoms with van der Waals surface area (Å²) in [5, 5.41) is 3.56. The fraction of sp³-hybridized carbons (Fsp3) is 1.00. The predicted molar refractivity (Wildman–Crippen MR) is 63.4 cm³/mol. The Bertz CT molecular complexity index is 211. The Morgan fingerprint density at radius 2 is 2.38 bits per heavy atom. The van der Waals surface area contributed by atoms with Crippen LogP contribution in [0.4, 0.5) is 0 Å². The molecule has 2 aliphatic heterocycles. The van der Waals surface area contributed by atoms with Crippen molar-refractivity contribution in [2.75, 3.05) is 32.9 Å². The van der Waals surface area contributed by atoms with Gasteiger partial charge >= 0.3 is 0 Å². The quantitative estimate of drug-likeness (QED) is 0.720. The fourth-order valence-corrected chi connectivity index (χ4v) is 2.64. The molecule has 0 aromatic carbocycles. The lowest BCUT2D eigenvalue weighted by Crippen LogP contribution is -2.48. The molecule has 16 heavy (non-hydrogen) atoms. The van der Waals surface area contributed by atoms with E-state index in [1.807, 2.05) is 0 Å². The minimum Gasteiger partial charge on any atom is -0.381 e. The molecule has 3 unspecified atom stereocenters. The van der Waals surface area contributed by atoms with Crippen molar-refractivity contribution in [1.82, 2.24) is 5.32 Å². The normalized spacial score (nSPS) is 36.8. The summed E-state index contributed by atoms with van der Waals surface area (Å²) < 4.78 is 11.2. The largest absolute Gasteiger partial charge is 0.381 e. The van der Waals surface area contributed by atoms with Crippen molar-refractivity contribution in [2.24, 2.45) is 11.7 Å². The second kappa shape index (κ2) is 5.45. The minimum absolute atomic E-state index is 0.0207. The van der Waals surface area contributed by atoms with Crippen LogP contribution in [-0.4, -0.2) is 44.6 Å². The zero-order valence-electron chi connectivity index (χ0n) is 10.2. The highest BCUT2D eigenvalue weighted by Gasteiger charge is 2.32. The van der Waals surface area contributed by atoms with E-state index >= 15 is 0 Å². The number of nitrogens with two attached hydrogens (primary N) is 1. The maximum atomic E-state index is 5.82. The highest BCUT2D eigenvalue weighted by atomic mass is 16.5. The average molecular weight is 228 g/mol. The van der Waals surface area contributed by atoms with E-state index in [1.165, 1.54) is 6.42 Å². The lowest BCUT2D eigenvalue weighted by Gasteiger charge is -2.29. The highest BCUT2D eigenvalue weighted by molar-refractivity contribution is 4.87. The summed E-state index contributed by atoms with van der Waals surface area (Å²) in [6, 6.07) is 0.378. The van der Waals surface area contributed by atoms with E-state index in [-0.39, 0.29) is 5.60 Å². The summed E-state index contributed by atoms with van der Waals surface area (Å²) >= 11 is 0. The average Bonchev–Trinajstić information content (AvgIpc) is 2.91. The molecule has 3 N–H and O–H groups in total. The van der Waals surface area contributed by atoms with Gasteiger partial charge < -0.3 is 20.5 Å². The Morgan fingerprint density at radius 1 is 1.50 bits per heavy atom. The van der Waals surface area contributed by atoms with Gasteiger partial charge in [0.15, 0.2) is 0 Å². The van der Waals surface area contributed by atoms with E-state index < -0.39 is 0 Å². The van der Waals surface area contributed by atoms with Crippen molar-refractivity contribution in [2.45, 2.75) is 37.8 Å². The van der Waals surface area contributed by atoms with Crippen LogP contribution < -0.4 is 11.1 Å². The molecule has 2 rings (SSSR count). The molecular formula is C12H24N2O2. The maximum absolute atomic E-state index is 5.82. The van der Waals surface area contributed by atoms with Crippen LogP contribution >= 0.6 is 0 Å². The first-order chi connectivity index (χ1) is 7.73. The molecule has 2 saturated heterocycles. The number of rotatable bonds is 5. The molecule has 0 aromatic rings. The Kier molecular flexibility index (Phi) is 4.19. The second-order valence-electron chi connectivity index (χ2n) is 5.25. The van der Waals surface area contributed by atoms with Crippen molar-refractivity contribution < 1.29 is 9.47 Å². The molecule has 0 aliphatic carbocycles. The van der Waals surface area contributed by atoms with E-state index in [4.69, 9.17) is 15.2 Å². The summed E-state index contributed by atoms with van der Waals surface area (Å²) in [7, 11) is 0. The molecule has 2 aliphatic rings. The Labute approximate surface area is 97.9 Å². The van der Waals surface area contributed by atoms with Crippen molar-refractivity contribution in [1.29, 1.82) is 0 Å². The molecule has 2 heterocycles. The minimum atomic E-state index is 0.0207. The van der Waals surface area contributed by atoms with Gasteiger partial charge in [0, 0.05) is 38.3 Å². The molecule has 3 atom stereocenters. The first-order valence-electron chi connectivity index (χ1n) is 6.39. The smallest absolute Gasteiger partial charge is 0.0779 e. The van der Waals surface area contributed by atoms with E-state index in [1.54, 1.807) is 0 Å². The number of hydrogen-bond acceptors (Lipinski definition) is 4. The standard InChI is InChI=1S/C12H24N2O2/c1-12(4-2-5-16-12)9-14-11(7-13)10-3-6-15-8-10/h10-11,14H,2-9,13H2,1H3. The predicted octanol–water partition coefficient (Wildman–Crippen LogP) is 0.509. The number of nitrogens with one attached hydrogen (secondary N) is 1. The monoisotopic (exact) mass is 228 g/mol. The van der Waals surface area contributed by atoms with Gasteiger partial charge in [0.2, 0.25) is 0 Å². The van der Waals surface area contributed by atoms with Gasteiger partial charge in [-0.3, -0.25) is 0 Å². The molecular weight excluding hydrogens is 204 g/mol. The second-order valence-corrected chi connectivity index (χ2v) is 5.25. The zero-order valence-corrected chi connectivity index (χ0v) is 10.2. The van der Waals surface area contributed by atoms with Gasteiger partial charge in [-0.1, -0.05) is 0 Å². The highest BCUT2D eigenvalue weighted by Crippen LogP contribution is 2.25.